The van der Waals surface area contributed by atoms with Gasteiger partial charge in [-0.15, -0.1) is 24.0 Å². The van der Waals surface area contributed by atoms with Gasteiger partial charge in [0.1, 0.15) is 5.01 Å². The zero-order valence-corrected chi connectivity index (χ0v) is 12.6. The molecule has 3 nitrogen and oxygen atoms in total. The number of thiazole rings is 1. The van der Waals surface area contributed by atoms with Crippen molar-refractivity contribution >= 4 is 29.9 Å². The van der Waals surface area contributed by atoms with Gasteiger partial charge in [-0.25, -0.2) is 4.98 Å². The van der Waals surface area contributed by atoms with Gasteiger partial charge < -0.3 is 5.32 Å². The first-order valence-electron chi connectivity index (χ1n) is 6.11. The topological polar surface area (TPSA) is 42.0 Å². The van der Waals surface area contributed by atoms with Crippen LogP contribution in [0.25, 0.3) is 0 Å². The van der Waals surface area contributed by atoms with E-state index >= 15 is 0 Å². The van der Waals surface area contributed by atoms with Crippen LogP contribution in [0.5, 0.6) is 0 Å². The summed E-state index contributed by atoms with van der Waals surface area (Å²) in [7, 11) is 0. The van der Waals surface area contributed by atoms with E-state index in [1.54, 1.807) is 17.4 Å². The van der Waals surface area contributed by atoms with E-state index in [0.717, 1.165) is 21.9 Å². The van der Waals surface area contributed by atoms with Gasteiger partial charge in [-0.1, -0.05) is 13.0 Å². The number of hydrogen-bond acceptors (Lipinski definition) is 4. The minimum Gasteiger partial charge on any atom is -0.346 e. The summed E-state index contributed by atoms with van der Waals surface area (Å²) in [5, 5.41) is 3.83. The van der Waals surface area contributed by atoms with Gasteiger partial charge in [0, 0.05) is 21.5 Å². The van der Waals surface area contributed by atoms with E-state index in [2.05, 4.69) is 29.9 Å². The molecule has 0 fully saturated rings. The Labute approximate surface area is 122 Å². The molecule has 0 bridgehead atoms. The molecule has 0 aliphatic rings. The zero-order valence-electron chi connectivity index (χ0n) is 10.9. The third kappa shape index (κ3) is 3.58. The fourth-order valence-corrected chi connectivity index (χ4v) is 2.70. The van der Waals surface area contributed by atoms with Crippen molar-refractivity contribution in [1.29, 1.82) is 0 Å². The van der Waals surface area contributed by atoms with Crippen molar-refractivity contribution in [3.05, 3.63) is 45.4 Å². The van der Waals surface area contributed by atoms with E-state index in [1.807, 2.05) is 25.3 Å². The summed E-state index contributed by atoms with van der Waals surface area (Å²) in [5.74, 6) is -0.0818. The van der Waals surface area contributed by atoms with Crippen molar-refractivity contribution in [2.75, 3.05) is 0 Å². The lowest BCUT2D eigenvalue weighted by molar-refractivity contribution is 0.0950. The summed E-state index contributed by atoms with van der Waals surface area (Å²) in [6, 6.07) is 5.56. The highest BCUT2D eigenvalue weighted by atomic mass is 32.1. The van der Waals surface area contributed by atoms with Crippen molar-refractivity contribution in [3.63, 3.8) is 0 Å². The molecular weight excluding hydrogens is 276 g/mol. The standard InChI is InChI=1S/C14H16N2OS2/c1-3-11-7-15-13(19-11)8-16-14(17)12-6-10(18)5-4-9(12)2/h4-7,18H,3,8H2,1-2H3,(H,16,17). The van der Waals surface area contributed by atoms with E-state index < -0.39 is 0 Å². The van der Waals surface area contributed by atoms with Crippen LogP contribution in [0.2, 0.25) is 0 Å². The maximum absolute atomic E-state index is 12.1. The fraction of sp³-hybridized carbons (Fsp3) is 0.286. The van der Waals surface area contributed by atoms with Crippen molar-refractivity contribution in [1.82, 2.24) is 10.3 Å². The van der Waals surface area contributed by atoms with Crippen LogP contribution in [-0.4, -0.2) is 10.9 Å². The zero-order chi connectivity index (χ0) is 13.8. The molecule has 0 spiro atoms. The van der Waals surface area contributed by atoms with Crippen molar-refractivity contribution in [3.8, 4) is 0 Å². The number of aromatic nitrogens is 1. The minimum atomic E-state index is -0.0818. The molecule has 1 amide bonds. The molecule has 0 radical (unpaired) electrons. The van der Waals surface area contributed by atoms with Gasteiger partial charge in [-0.3, -0.25) is 4.79 Å². The predicted octanol–water partition coefficient (Wildman–Crippen LogP) is 3.23. The van der Waals surface area contributed by atoms with Crippen molar-refractivity contribution in [2.45, 2.75) is 31.7 Å². The van der Waals surface area contributed by atoms with Gasteiger partial charge in [-0.2, -0.15) is 0 Å². The van der Waals surface area contributed by atoms with E-state index in [-0.39, 0.29) is 5.91 Å². The number of carbonyl (C=O) groups excluding carboxylic acids is 1. The largest absolute Gasteiger partial charge is 0.346 e. The van der Waals surface area contributed by atoms with E-state index in [1.165, 1.54) is 4.88 Å². The second-order valence-corrected chi connectivity index (χ2v) is 5.97. The van der Waals surface area contributed by atoms with Gasteiger partial charge in [0.05, 0.1) is 6.54 Å². The summed E-state index contributed by atoms with van der Waals surface area (Å²) in [6.45, 7) is 4.48. The van der Waals surface area contributed by atoms with Gasteiger partial charge in [0.15, 0.2) is 0 Å². The van der Waals surface area contributed by atoms with Crippen molar-refractivity contribution in [2.24, 2.45) is 0 Å². The molecule has 19 heavy (non-hydrogen) atoms. The first-order chi connectivity index (χ1) is 9.10. The Hall–Kier alpha value is -1.33. The Balaban J connectivity index is 2.03. The summed E-state index contributed by atoms with van der Waals surface area (Å²) in [6.07, 6.45) is 2.85. The Bertz CT molecular complexity index is 593. The third-order valence-electron chi connectivity index (χ3n) is 2.82. The molecule has 1 heterocycles. The molecule has 1 N–H and O–H groups in total. The maximum Gasteiger partial charge on any atom is 0.251 e. The van der Waals surface area contributed by atoms with Crippen molar-refractivity contribution < 1.29 is 4.79 Å². The molecule has 1 aromatic carbocycles. The maximum atomic E-state index is 12.1. The number of carbonyl (C=O) groups is 1. The molecule has 0 saturated carbocycles. The van der Waals surface area contributed by atoms with Crippen LogP contribution < -0.4 is 5.32 Å². The van der Waals surface area contributed by atoms with Gasteiger partial charge in [-0.05, 0) is 31.0 Å². The molecule has 5 heteroatoms. The van der Waals surface area contributed by atoms with Crippen LogP contribution in [-0.2, 0) is 13.0 Å². The number of aryl methyl sites for hydroxylation is 2. The van der Waals surface area contributed by atoms with Crippen LogP contribution in [0, 0.1) is 6.92 Å². The Morgan fingerprint density at radius 2 is 2.26 bits per heavy atom. The number of hydrogen-bond donors (Lipinski definition) is 2. The van der Waals surface area contributed by atoms with E-state index in [4.69, 9.17) is 0 Å². The van der Waals surface area contributed by atoms with Gasteiger partial charge >= 0.3 is 0 Å². The quantitative estimate of drug-likeness (QED) is 0.850. The van der Waals surface area contributed by atoms with Gasteiger partial charge in [0.25, 0.3) is 5.91 Å². The normalized spacial score (nSPS) is 10.5. The second kappa shape index (κ2) is 6.21. The molecule has 2 aromatic rings. The minimum absolute atomic E-state index is 0.0818. The molecule has 0 aliphatic heterocycles. The summed E-state index contributed by atoms with van der Waals surface area (Å²) < 4.78 is 0. The molecule has 0 saturated heterocycles. The highest BCUT2D eigenvalue weighted by molar-refractivity contribution is 7.80. The lowest BCUT2D eigenvalue weighted by Gasteiger charge is -2.07. The van der Waals surface area contributed by atoms with E-state index in [0.29, 0.717) is 12.1 Å². The Kier molecular flexibility index (Phi) is 4.61. The fourth-order valence-electron chi connectivity index (χ4n) is 1.70. The third-order valence-corrected chi connectivity index (χ3v) is 4.24. The first-order valence-corrected chi connectivity index (χ1v) is 7.38. The summed E-state index contributed by atoms with van der Waals surface area (Å²) in [4.78, 5) is 18.4. The van der Waals surface area contributed by atoms with E-state index in [9.17, 15) is 4.79 Å². The number of nitrogens with zero attached hydrogens (tertiary/aromatic N) is 1. The van der Waals surface area contributed by atoms with Gasteiger partial charge in [0.2, 0.25) is 0 Å². The molecule has 0 aliphatic carbocycles. The molecule has 2 rings (SSSR count). The highest BCUT2D eigenvalue weighted by Crippen LogP contribution is 2.15. The monoisotopic (exact) mass is 292 g/mol. The number of nitrogens with one attached hydrogen (secondary N) is 1. The Morgan fingerprint density at radius 1 is 1.47 bits per heavy atom. The molecular formula is C14H16N2OS2. The average Bonchev–Trinajstić information content (AvgIpc) is 2.87. The lowest BCUT2D eigenvalue weighted by atomic mass is 10.1. The average molecular weight is 292 g/mol. The molecule has 1 aromatic heterocycles. The summed E-state index contributed by atoms with van der Waals surface area (Å²) >= 11 is 5.90. The molecule has 0 unspecified atom stereocenters. The number of amides is 1. The number of thiol groups is 1. The Morgan fingerprint density at radius 3 is 2.95 bits per heavy atom. The highest BCUT2D eigenvalue weighted by Gasteiger charge is 2.10. The number of rotatable bonds is 4. The van der Waals surface area contributed by atoms with Crippen LogP contribution in [0.15, 0.2) is 29.3 Å². The molecule has 100 valence electrons. The first kappa shape index (κ1) is 14.1. The lowest BCUT2D eigenvalue weighted by Crippen LogP contribution is -2.23. The SMILES string of the molecule is CCc1cnc(CNC(=O)c2cc(S)ccc2C)s1. The second-order valence-electron chi connectivity index (χ2n) is 4.26. The van der Waals surface area contributed by atoms with Crippen LogP contribution >= 0.6 is 24.0 Å². The van der Waals surface area contributed by atoms with Crippen LogP contribution in [0.1, 0.15) is 32.7 Å². The summed E-state index contributed by atoms with van der Waals surface area (Å²) in [5.41, 5.74) is 1.61. The van der Waals surface area contributed by atoms with Crippen LogP contribution in [0.4, 0.5) is 0 Å². The smallest absolute Gasteiger partial charge is 0.251 e. The van der Waals surface area contributed by atoms with Crippen LogP contribution in [0.3, 0.4) is 0 Å². The molecule has 0 atom stereocenters. The number of benzene rings is 1. The predicted molar refractivity (Wildman–Crippen MR) is 81.1 cm³/mol.